The molecule has 0 atom stereocenters. The van der Waals surface area contributed by atoms with E-state index in [0.717, 1.165) is 0 Å². The van der Waals surface area contributed by atoms with Gasteiger partial charge in [0.15, 0.2) is 0 Å². The second kappa shape index (κ2) is 9.30. The molecule has 0 amide bonds. The van der Waals surface area contributed by atoms with Crippen molar-refractivity contribution >= 4 is 31.5 Å². The van der Waals surface area contributed by atoms with Gasteiger partial charge in [-0.15, -0.1) is 0 Å². The van der Waals surface area contributed by atoms with Crippen LogP contribution in [0.3, 0.4) is 0 Å². The summed E-state index contributed by atoms with van der Waals surface area (Å²) in [4.78, 5) is 0. The van der Waals surface area contributed by atoms with Crippen LogP contribution in [0.5, 0.6) is 0 Å². The van der Waals surface area contributed by atoms with E-state index < -0.39 is 0 Å². The molecule has 0 fully saturated rings. The molecule has 0 nitrogen and oxygen atoms in total. The molecule has 0 heterocycles. The normalized spacial score (nSPS) is 7.00. The van der Waals surface area contributed by atoms with Crippen LogP contribution in [0.2, 0.25) is 0 Å². The molecule has 0 aromatic carbocycles. The first-order valence-corrected chi connectivity index (χ1v) is 2.22. The standard InChI is InChI=1S/C3H7FS.Li.H/c4-2-1-3-5;;/h5H,1-3H2;;. The Morgan fingerprint density at radius 3 is 2.00 bits per heavy atom. The van der Waals surface area contributed by atoms with Crippen molar-refractivity contribution in [3.63, 3.8) is 0 Å². The Morgan fingerprint density at radius 1 is 1.50 bits per heavy atom. The molecule has 0 saturated carbocycles. The second-order valence-corrected chi connectivity index (χ2v) is 1.21. The number of hydrogen-bond acceptors (Lipinski definition) is 1. The van der Waals surface area contributed by atoms with Crippen LogP contribution < -0.4 is 0 Å². The van der Waals surface area contributed by atoms with Gasteiger partial charge in [-0.1, -0.05) is 0 Å². The Labute approximate surface area is 55.1 Å². The Hall–Kier alpha value is 0.877. The molecule has 0 N–H and O–H groups in total. The SMILES string of the molecule is FCCCS.[LiH]. The molecule has 0 unspecified atom stereocenters. The topological polar surface area (TPSA) is 0 Å². The minimum atomic E-state index is -0.233. The van der Waals surface area contributed by atoms with Crippen LogP contribution in [0.15, 0.2) is 0 Å². The molecule has 3 heteroatoms. The molecule has 0 aromatic heterocycles. The Balaban J connectivity index is 0. The van der Waals surface area contributed by atoms with Crippen molar-refractivity contribution in [2.45, 2.75) is 6.42 Å². The van der Waals surface area contributed by atoms with Crippen LogP contribution in [0.1, 0.15) is 6.42 Å². The molecule has 0 aliphatic rings. The van der Waals surface area contributed by atoms with Gasteiger partial charge < -0.3 is 0 Å². The fraction of sp³-hybridized carbons (Fsp3) is 1.00. The van der Waals surface area contributed by atoms with E-state index in [0.29, 0.717) is 12.2 Å². The average molecular weight is 102 g/mol. The second-order valence-electron chi connectivity index (χ2n) is 0.766. The van der Waals surface area contributed by atoms with Gasteiger partial charge in [-0.05, 0) is 12.2 Å². The third-order valence-corrected chi connectivity index (χ3v) is 0.608. The third kappa shape index (κ3) is 8.86. The number of hydrogen-bond donors (Lipinski definition) is 1. The van der Waals surface area contributed by atoms with Crippen LogP contribution in [-0.2, 0) is 0 Å². The van der Waals surface area contributed by atoms with Crippen molar-refractivity contribution in [3.8, 4) is 0 Å². The molecule has 0 bridgehead atoms. The summed E-state index contributed by atoms with van der Waals surface area (Å²) in [5.41, 5.74) is 0. The van der Waals surface area contributed by atoms with Gasteiger partial charge in [0.1, 0.15) is 0 Å². The molecule has 0 saturated heterocycles. The van der Waals surface area contributed by atoms with Crippen LogP contribution in [0, 0.1) is 0 Å². The van der Waals surface area contributed by atoms with E-state index in [1.165, 1.54) is 0 Å². The van der Waals surface area contributed by atoms with Gasteiger partial charge >= 0.3 is 18.9 Å². The van der Waals surface area contributed by atoms with Gasteiger partial charge in [0, 0.05) is 0 Å². The zero-order chi connectivity index (χ0) is 4.12. The summed E-state index contributed by atoms with van der Waals surface area (Å²) < 4.78 is 10.9. The van der Waals surface area contributed by atoms with E-state index in [-0.39, 0.29) is 25.5 Å². The summed E-state index contributed by atoms with van der Waals surface area (Å²) in [6.45, 7) is -0.233. The quantitative estimate of drug-likeness (QED) is 0.383. The summed E-state index contributed by atoms with van der Waals surface area (Å²) in [6.07, 6.45) is 0.586. The molecule has 0 rings (SSSR count). The van der Waals surface area contributed by atoms with Crippen LogP contribution in [-0.4, -0.2) is 31.3 Å². The Bertz CT molecular complexity index is 18.3. The summed E-state index contributed by atoms with van der Waals surface area (Å²) >= 11 is 3.76. The van der Waals surface area contributed by atoms with E-state index in [1.54, 1.807) is 0 Å². The summed E-state index contributed by atoms with van der Waals surface area (Å²) in [5.74, 6) is 0.663. The van der Waals surface area contributed by atoms with Gasteiger partial charge in [-0.3, -0.25) is 4.39 Å². The maximum absolute atomic E-state index is 10.9. The van der Waals surface area contributed by atoms with Crippen LogP contribution in [0.4, 0.5) is 4.39 Å². The third-order valence-electron chi connectivity index (χ3n) is 0.292. The molecule has 0 aliphatic heterocycles. The molecule has 0 aliphatic carbocycles. The summed E-state index contributed by atoms with van der Waals surface area (Å²) in [6, 6.07) is 0. The van der Waals surface area contributed by atoms with E-state index in [4.69, 9.17) is 0 Å². The van der Waals surface area contributed by atoms with E-state index >= 15 is 0 Å². The summed E-state index contributed by atoms with van der Waals surface area (Å²) in [7, 11) is 0. The number of halogens is 1. The van der Waals surface area contributed by atoms with Crippen molar-refractivity contribution in [1.82, 2.24) is 0 Å². The minimum absolute atomic E-state index is 0. The average Bonchev–Trinajstić information content (AvgIpc) is 1.41. The van der Waals surface area contributed by atoms with Crippen molar-refractivity contribution in [2.75, 3.05) is 12.4 Å². The van der Waals surface area contributed by atoms with Crippen LogP contribution >= 0.6 is 12.6 Å². The van der Waals surface area contributed by atoms with E-state index in [2.05, 4.69) is 12.6 Å². The van der Waals surface area contributed by atoms with Gasteiger partial charge in [-0.2, -0.15) is 12.6 Å². The maximum atomic E-state index is 10.9. The molecule has 0 radical (unpaired) electrons. The zero-order valence-electron chi connectivity index (χ0n) is 2.95. The number of alkyl halides is 1. The molecule has 6 heavy (non-hydrogen) atoms. The summed E-state index contributed by atoms with van der Waals surface area (Å²) in [5, 5.41) is 0. The molecule has 34 valence electrons. The first-order valence-electron chi connectivity index (χ1n) is 1.58. The van der Waals surface area contributed by atoms with Gasteiger partial charge in [0.05, 0.1) is 6.67 Å². The predicted octanol–water partition coefficient (Wildman–Crippen LogP) is 0.627. The Kier molecular flexibility index (Phi) is 15.5. The van der Waals surface area contributed by atoms with Gasteiger partial charge in [0.25, 0.3) is 0 Å². The zero-order valence-corrected chi connectivity index (χ0v) is 3.84. The van der Waals surface area contributed by atoms with Gasteiger partial charge in [0.2, 0.25) is 0 Å². The number of thiol groups is 1. The Morgan fingerprint density at radius 2 is 2.00 bits per heavy atom. The predicted molar refractivity (Wildman–Crippen MR) is 31.6 cm³/mol. The van der Waals surface area contributed by atoms with Crippen LogP contribution in [0.25, 0.3) is 0 Å². The first kappa shape index (κ1) is 9.99. The molecular formula is C3H8FLiS. The number of rotatable bonds is 2. The first-order chi connectivity index (χ1) is 2.41. The molecule has 0 spiro atoms. The molecular weight excluding hydrogens is 94.0 g/mol. The van der Waals surface area contributed by atoms with Crippen molar-refractivity contribution in [1.29, 1.82) is 0 Å². The monoisotopic (exact) mass is 102 g/mol. The van der Waals surface area contributed by atoms with Crippen molar-refractivity contribution < 1.29 is 4.39 Å². The van der Waals surface area contributed by atoms with Gasteiger partial charge in [-0.25, -0.2) is 0 Å². The van der Waals surface area contributed by atoms with E-state index in [9.17, 15) is 4.39 Å². The fourth-order valence-corrected chi connectivity index (χ4v) is 0.179. The fourth-order valence-electron chi connectivity index (χ4n) is 0.0598. The van der Waals surface area contributed by atoms with E-state index in [1.807, 2.05) is 0 Å². The van der Waals surface area contributed by atoms with Crippen molar-refractivity contribution in [2.24, 2.45) is 0 Å². The van der Waals surface area contributed by atoms with Crippen molar-refractivity contribution in [3.05, 3.63) is 0 Å². The molecule has 0 aromatic rings.